The first-order chi connectivity index (χ1) is 5.92. The van der Waals surface area contributed by atoms with E-state index in [0.717, 1.165) is 12.0 Å². The zero-order valence-electron chi connectivity index (χ0n) is 8.17. The Kier molecular flexibility index (Phi) is 1.46. The summed E-state index contributed by atoms with van der Waals surface area (Å²) in [5, 5.41) is 18.9. The molecular formula is C11H15NO. The topological polar surface area (TPSA) is 44.0 Å². The van der Waals surface area contributed by atoms with Crippen LogP contribution in [0.25, 0.3) is 0 Å². The van der Waals surface area contributed by atoms with Crippen LogP contribution in [0.2, 0.25) is 0 Å². The van der Waals surface area contributed by atoms with Crippen molar-refractivity contribution < 1.29 is 5.11 Å². The van der Waals surface area contributed by atoms with Gasteiger partial charge in [-0.25, -0.2) is 0 Å². The van der Waals surface area contributed by atoms with Crippen LogP contribution in [0.4, 0.5) is 0 Å². The van der Waals surface area contributed by atoms with E-state index in [4.69, 9.17) is 5.26 Å². The summed E-state index contributed by atoms with van der Waals surface area (Å²) < 4.78 is 0. The molecule has 2 bridgehead atoms. The van der Waals surface area contributed by atoms with Gasteiger partial charge in [0.15, 0.2) is 5.60 Å². The highest BCUT2D eigenvalue weighted by Gasteiger charge is 2.60. The maximum atomic E-state index is 9.97. The molecule has 2 aliphatic rings. The second-order valence-corrected chi connectivity index (χ2v) is 4.97. The predicted molar refractivity (Wildman–Crippen MR) is 49.7 cm³/mol. The van der Waals surface area contributed by atoms with Crippen LogP contribution in [0.3, 0.4) is 0 Å². The summed E-state index contributed by atoms with van der Waals surface area (Å²) in [7, 11) is 0. The Morgan fingerprint density at radius 1 is 1.62 bits per heavy atom. The van der Waals surface area contributed by atoms with Gasteiger partial charge < -0.3 is 5.11 Å². The first-order valence-corrected chi connectivity index (χ1v) is 4.75. The lowest BCUT2D eigenvalue weighted by Gasteiger charge is -2.37. The van der Waals surface area contributed by atoms with Crippen molar-refractivity contribution in [2.24, 2.45) is 17.3 Å². The van der Waals surface area contributed by atoms with Crippen molar-refractivity contribution in [2.45, 2.75) is 32.3 Å². The van der Waals surface area contributed by atoms with Crippen LogP contribution < -0.4 is 0 Å². The maximum absolute atomic E-state index is 9.97. The van der Waals surface area contributed by atoms with E-state index >= 15 is 0 Å². The second-order valence-electron chi connectivity index (χ2n) is 4.97. The van der Waals surface area contributed by atoms with Crippen LogP contribution in [0.1, 0.15) is 26.7 Å². The Balaban J connectivity index is 2.39. The van der Waals surface area contributed by atoms with Gasteiger partial charge in [0.25, 0.3) is 0 Å². The summed E-state index contributed by atoms with van der Waals surface area (Å²) in [4.78, 5) is 0. The standard InChI is InChI=1S/C11H15NO/c1-7-9-4-8(10(7,2)3)5-11(9,13)6-12/h8-9,13H,1,4-5H2,2-3H3/t8-,9-,11+/m0/s1. The van der Waals surface area contributed by atoms with E-state index in [1.165, 1.54) is 0 Å². The summed E-state index contributed by atoms with van der Waals surface area (Å²) in [6.07, 6.45) is 1.57. The lowest BCUT2D eigenvalue weighted by Crippen LogP contribution is -2.39. The highest BCUT2D eigenvalue weighted by Crippen LogP contribution is 2.61. The molecule has 13 heavy (non-hydrogen) atoms. The number of fused-ring (bicyclic) bond motifs is 2. The predicted octanol–water partition coefficient (Wildman–Crippen LogP) is 1.86. The second kappa shape index (κ2) is 2.16. The molecule has 0 aromatic carbocycles. The van der Waals surface area contributed by atoms with E-state index < -0.39 is 5.60 Å². The van der Waals surface area contributed by atoms with Gasteiger partial charge in [-0.1, -0.05) is 26.0 Å². The van der Waals surface area contributed by atoms with E-state index in [9.17, 15) is 5.11 Å². The number of aliphatic hydroxyl groups is 1. The molecule has 0 aliphatic heterocycles. The average Bonchev–Trinajstić information content (AvgIpc) is 2.51. The molecule has 2 fully saturated rings. The van der Waals surface area contributed by atoms with Gasteiger partial charge in [0.2, 0.25) is 0 Å². The summed E-state index contributed by atoms with van der Waals surface area (Å²) in [5.41, 5.74) is 0.0678. The molecule has 0 aromatic heterocycles. The molecule has 0 amide bonds. The molecule has 2 saturated carbocycles. The lowest BCUT2D eigenvalue weighted by atomic mass is 9.68. The fourth-order valence-corrected chi connectivity index (χ4v) is 2.90. The molecule has 0 spiro atoms. The third kappa shape index (κ3) is 0.858. The van der Waals surface area contributed by atoms with Crippen LogP contribution in [0, 0.1) is 28.6 Å². The minimum atomic E-state index is -1.11. The largest absolute Gasteiger partial charge is 0.375 e. The van der Waals surface area contributed by atoms with E-state index in [1.54, 1.807) is 0 Å². The molecule has 1 N–H and O–H groups in total. The summed E-state index contributed by atoms with van der Waals surface area (Å²) in [6, 6.07) is 2.03. The third-order valence-electron chi connectivity index (χ3n) is 4.12. The van der Waals surface area contributed by atoms with Crippen molar-refractivity contribution in [2.75, 3.05) is 0 Å². The van der Waals surface area contributed by atoms with E-state index in [-0.39, 0.29) is 11.3 Å². The monoisotopic (exact) mass is 177 g/mol. The Morgan fingerprint density at radius 3 is 2.62 bits per heavy atom. The van der Waals surface area contributed by atoms with Gasteiger partial charge in [-0.2, -0.15) is 5.26 Å². The minimum Gasteiger partial charge on any atom is -0.375 e. The van der Waals surface area contributed by atoms with Gasteiger partial charge in [-0.05, 0) is 24.2 Å². The molecular weight excluding hydrogens is 162 g/mol. The van der Waals surface area contributed by atoms with Gasteiger partial charge in [-0.3, -0.25) is 0 Å². The number of rotatable bonds is 0. The fourth-order valence-electron chi connectivity index (χ4n) is 2.90. The van der Waals surface area contributed by atoms with Crippen molar-refractivity contribution >= 4 is 0 Å². The number of nitrogens with zero attached hydrogens (tertiary/aromatic N) is 1. The summed E-state index contributed by atoms with van der Waals surface area (Å²) >= 11 is 0. The van der Waals surface area contributed by atoms with Crippen molar-refractivity contribution in [3.63, 3.8) is 0 Å². The average molecular weight is 177 g/mol. The smallest absolute Gasteiger partial charge is 0.157 e. The van der Waals surface area contributed by atoms with Crippen molar-refractivity contribution in [1.82, 2.24) is 0 Å². The summed E-state index contributed by atoms with van der Waals surface area (Å²) in [6.45, 7) is 8.35. The maximum Gasteiger partial charge on any atom is 0.157 e. The molecule has 0 unspecified atom stereocenters. The Bertz CT molecular complexity index is 313. The zero-order chi connectivity index (χ0) is 9.85. The molecule has 0 aromatic rings. The fraction of sp³-hybridized carbons (Fsp3) is 0.727. The highest BCUT2D eigenvalue weighted by molar-refractivity contribution is 5.33. The highest BCUT2D eigenvalue weighted by atomic mass is 16.3. The molecule has 0 heterocycles. The van der Waals surface area contributed by atoms with Crippen LogP contribution in [-0.4, -0.2) is 10.7 Å². The third-order valence-corrected chi connectivity index (χ3v) is 4.12. The molecule has 2 heteroatoms. The molecule has 2 rings (SSSR count). The first-order valence-electron chi connectivity index (χ1n) is 4.75. The van der Waals surface area contributed by atoms with Crippen LogP contribution in [0.15, 0.2) is 12.2 Å². The van der Waals surface area contributed by atoms with Crippen LogP contribution in [0.5, 0.6) is 0 Å². The normalized spacial score (nSPS) is 46.5. The lowest BCUT2D eigenvalue weighted by molar-refractivity contribution is 0.0415. The Hall–Kier alpha value is -0.810. The van der Waals surface area contributed by atoms with Crippen molar-refractivity contribution in [3.05, 3.63) is 12.2 Å². The molecule has 0 radical (unpaired) electrons. The Labute approximate surface area is 78.9 Å². The van der Waals surface area contributed by atoms with Gasteiger partial charge in [-0.15, -0.1) is 0 Å². The quantitative estimate of drug-likeness (QED) is 0.453. The van der Waals surface area contributed by atoms with E-state index in [1.807, 2.05) is 6.07 Å². The van der Waals surface area contributed by atoms with Crippen LogP contribution in [-0.2, 0) is 0 Å². The number of nitriles is 1. The van der Waals surface area contributed by atoms with Gasteiger partial charge in [0.05, 0.1) is 6.07 Å². The van der Waals surface area contributed by atoms with Gasteiger partial charge in [0, 0.05) is 5.92 Å². The number of hydrogen-bond acceptors (Lipinski definition) is 2. The van der Waals surface area contributed by atoms with Gasteiger partial charge >= 0.3 is 0 Å². The molecule has 3 atom stereocenters. The molecule has 2 aliphatic carbocycles. The zero-order valence-corrected chi connectivity index (χ0v) is 8.17. The van der Waals surface area contributed by atoms with Gasteiger partial charge in [0.1, 0.15) is 0 Å². The van der Waals surface area contributed by atoms with E-state index in [0.29, 0.717) is 12.3 Å². The summed E-state index contributed by atoms with van der Waals surface area (Å²) in [5.74, 6) is 0.451. The molecule has 0 saturated heterocycles. The first kappa shape index (κ1) is 8.77. The Morgan fingerprint density at radius 2 is 2.23 bits per heavy atom. The molecule has 70 valence electrons. The van der Waals surface area contributed by atoms with E-state index in [2.05, 4.69) is 20.4 Å². The molecule has 2 nitrogen and oxygen atoms in total. The van der Waals surface area contributed by atoms with Crippen molar-refractivity contribution in [1.29, 1.82) is 5.26 Å². The minimum absolute atomic E-state index is 0.0116. The van der Waals surface area contributed by atoms with Crippen molar-refractivity contribution in [3.8, 4) is 6.07 Å². The number of hydrogen-bond donors (Lipinski definition) is 1. The van der Waals surface area contributed by atoms with Crippen LogP contribution >= 0.6 is 0 Å². The SMILES string of the molecule is C=C1[C@@H]2C[C@@H](C[C@@]2(O)C#N)C1(C)C.